The molecule has 6 rings (SSSR count). The first kappa shape index (κ1) is 21.9. The van der Waals surface area contributed by atoms with Crippen molar-refractivity contribution >= 4 is 22.0 Å². The lowest BCUT2D eigenvalue weighted by molar-refractivity contribution is 0.816. The first-order valence-corrected chi connectivity index (χ1v) is 12.7. The molecule has 0 fully saturated rings. The molecule has 4 aromatic rings. The van der Waals surface area contributed by atoms with E-state index in [4.69, 9.17) is 4.98 Å². The number of allylic oxidation sites excluding steroid dienone is 4. The zero-order chi connectivity index (χ0) is 24.3. The van der Waals surface area contributed by atoms with Gasteiger partial charge < -0.3 is 4.57 Å². The number of hydrogen-bond acceptors (Lipinski definition) is 1. The number of hydrogen-bond donors (Lipinski definition) is 0. The van der Waals surface area contributed by atoms with Crippen LogP contribution in [0.3, 0.4) is 0 Å². The van der Waals surface area contributed by atoms with Crippen molar-refractivity contribution in [3.05, 3.63) is 113 Å². The lowest BCUT2D eigenvalue weighted by atomic mass is 9.86. The van der Waals surface area contributed by atoms with Crippen molar-refractivity contribution in [1.29, 1.82) is 0 Å². The molecule has 2 aromatic carbocycles. The highest BCUT2D eigenvalue weighted by Crippen LogP contribution is 2.46. The molecule has 0 spiro atoms. The Bertz CT molecular complexity index is 1570. The van der Waals surface area contributed by atoms with Crippen molar-refractivity contribution < 1.29 is 0 Å². The third-order valence-corrected chi connectivity index (χ3v) is 7.85. The predicted molar refractivity (Wildman–Crippen MR) is 149 cm³/mol. The molecule has 35 heavy (non-hydrogen) atoms. The van der Waals surface area contributed by atoms with Gasteiger partial charge >= 0.3 is 0 Å². The Morgan fingerprint density at radius 3 is 2.74 bits per heavy atom. The lowest BCUT2D eigenvalue weighted by Gasteiger charge is -2.21. The van der Waals surface area contributed by atoms with E-state index in [1.54, 1.807) is 0 Å². The number of rotatable bonds is 4. The summed E-state index contributed by atoms with van der Waals surface area (Å²) in [6.45, 7) is 16.5. The quantitative estimate of drug-likeness (QED) is 0.304. The summed E-state index contributed by atoms with van der Waals surface area (Å²) in [5, 5.41) is 1.37. The number of aromatic nitrogens is 2. The van der Waals surface area contributed by atoms with Crippen LogP contribution in [0.1, 0.15) is 58.1 Å². The minimum atomic E-state index is 0.797. The molecule has 2 aliphatic carbocycles. The highest BCUT2D eigenvalue weighted by Gasteiger charge is 2.29. The number of nitrogens with zero attached hydrogens (tertiary/aromatic N) is 2. The fourth-order valence-corrected chi connectivity index (χ4v) is 6.23. The molecule has 0 bridgehead atoms. The Morgan fingerprint density at radius 1 is 1.06 bits per heavy atom. The van der Waals surface area contributed by atoms with Crippen LogP contribution in [0.2, 0.25) is 0 Å². The van der Waals surface area contributed by atoms with Gasteiger partial charge in [0.15, 0.2) is 0 Å². The van der Waals surface area contributed by atoms with E-state index >= 15 is 0 Å². The third-order valence-electron chi connectivity index (χ3n) is 7.85. The minimum absolute atomic E-state index is 0.797. The van der Waals surface area contributed by atoms with Crippen LogP contribution in [0, 0.1) is 13.8 Å². The van der Waals surface area contributed by atoms with E-state index in [0.29, 0.717) is 0 Å². The highest BCUT2D eigenvalue weighted by molar-refractivity contribution is 6.07. The standard InChI is InChI=1S/C33H32N2/c1-6-9-26-21(3)17-30-31(23(26)5)32-27-12-8-15-34-29(27)16-22(4)33(32)35(30)19-24-13-14-25-11-7-10-20(2)28(25)18-24/h7-8,10,12-15,17-18H,2,4,6,9,11,16,19H2,1,3,5H3. The Hall–Kier alpha value is -3.65. The molecule has 2 heterocycles. The Labute approximate surface area is 208 Å². The molecule has 0 radical (unpaired) electrons. The average molecular weight is 457 g/mol. The fraction of sp³-hybridized carbons (Fsp3) is 0.242. The monoisotopic (exact) mass is 456 g/mol. The maximum atomic E-state index is 4.74. The van der Waals surface area contributed by atoms with Crippen molar-refractivity contribution in [3.8, 4) is 11.1 Å². The second-order valence-corrected chi connectivity index (χ2v) is 10.2. The summed E-state index contributed by atoms with van der Waals surface area (Å²) < 4.78 is 2.52. The van der Waals surface area contributed by atoms with Gasteiger partial charge in [0.1, 0.15) is 0 Å². The smallest absolute Gasteiger partial charge is 0.0531 e. The van der Waals surface area contributed by atoms with E-state index in [0.717, 1.165) is 49.1 Å². The van der Waals surface area contributed by atoms with Gasteiger partial charge in [0.2, 0.25) is 0 Å². The maximum Gasteiger partial charge on any atom is 0.0531 e. The first-order valence-electron chi connectivity index (χ1n) is 12.7. The zero-order valence-electron chi connectivity index (χ0n) is 21.0. The van der Waals surface area contributed by atoms with E-state index in [1.807, 2.05) is 6.20 Å². The van der Waals surface area contributed by atoms with Crippen LogP contribution in [0.25, 0.3) is 33.2 Å². The molecular formula is C33H32N2. The second-order valence-electron chi connectivity index (χ2n) is 10.2. The van der Waals surface area contributed by atoms with Crippen molar-refractivity contribution in [3.63, 3.8) is 0 Å². The molecule has 174 valence electrons. The number of aryl methyl sites for hydroxylation is 2. The molecular weight excluding hydrogens is 424 g/mol. The van der Waals surface area contributed by atoms with Gasteiger partial charge in [-0.1, -0.05) is 56.9 Å². The number of pyridine rings is 1. The predicted octanol–water partition coefficient (Wildman–Crippen LogP) is 8.02. The SMILES string of the molecule is C=C1C=CCc2ccc(Cn3c4c(c5c(C)c(CCC)c(C)cc53)-c3cccnc3CC4=C)cc21. The molecule has 0 saturated heterocycles. The molecule has 2 nitrogen and oxygen atoms in total. The summed E-state index contributed by atoms with van der Waals surface area (Å²) in [5.41, 5.74) is 16.8. The van der Waals surface area contributed by atoms with Gasteiger partial charge in [0.05, 0.1) is 11.4 Å². The summed E-state index contributed by atoms with van der Waals surface area (Å²) in [6.07, 6.45) is 10.3. The largest absolute Gasteiger partial charge is 0.336 e. The molecule has 0 aliphatic heterocycles. The maximum absolute atomic E-state index is 4.74. The summed E-state index contributed by atoms with van der Waals surface area (Å²) in [6, 6.07) is 13.6. The Morgan fingerprint density at radius 2 is 1.91 bits per heavy atom. The summed E-state index contributed by atoms with van der Waals surface area (Å²) in [5.74, 6) is 0. The zero-order valence-corrected chi connectivity index (χ0v) is 21.0. The second kappa shape index (κ2) is 8.23. The van der Waals surface area contributed by atoms with Gasteiger partial charge in [-0.25, -0.2) is 0 Å². The molecule has 0 N–H and O–H groups in total. The summed E-state index contributed by atoms with van der Waals surface area (Å²) >= 11 is 0. The van der Waals surface area contributed by atoms with Crippen molar-refractivity contribution in [2.75, 3.05) is 0 Å². The normalized spacial score (nSPS) is 14.3. The molecule has 2 heteroatoms. The van der Waals surface area contributed by atoms with E-state index in [9.17, 15) is 0 Å². The topological polar surface area (TPSA) is 17.8 Å². The lowest BCUT2D eigenvalue weighted by Crippen LogP contribution is -2.10. The van der Waals surface area contributed by atoms with Gasteiger partial charge in [-0.3, -0.25) is 4.98 Å². The van der Waals surface area contributed by atoms with Gasteiger partial charge in [-0.05, 0) is 89.4 Å². The number of fused-ring (bicyclic) bond motifs is 6. The van der Waals surface area contributed by atoms with Gasteiger partial charge in [0.25, 0.3) is 0 Å². The molecule has 0 amide bonds. The van der Waals surface area contributed by atoms with Crippen molar-refractivity contribution in [2.45, 2.75) is 53.0 Å². The van der Waals surface area contributed by atoms with Crippen LogP contribution in [0.5, 0.6) is 0 Å². The average Bonchev–Trinajstić information content (AvgIpc) is 3.17. The Kier molecular flexibility index (Phi) is 5.14. The summed E-state index contributed by atoms with van der Waals surface area (Å²) in [4.78, 5) is 4.74. The summed E-state index contributed by atoms with van der Waals surface area (Å²) in [7, 11) is 0. The number of benzene rings is 2. The molecule has 0 atom stereocenters. The first-order chi connectivity index (χ1) is 17.0. The Balaban J connectivity index is 1.63. The van der Waals surface area contributed by atoms with Crippen LogP contribution in [-0.2, 0) is 25.8 Å². The molecule has 2 aromatic heterocycles. The van der Waals surface area contributed by atoms with Crippen LogP contribution >= 0.6 is 0 Å². The van der Waals surface area contributed by atoms with Crippen LogP contribution < -0.4 is 0 Å². The van der Waals surface area contributed by atoms with Crippen LogP contribution in [0.4, 0.5) is 0 Å². The van der Waals surface area contributed by atoms with E-state index in [-0.39, 0.29) is 0 Å². The highest BCUT2D eigenvalue weighted by atomic mass is 15.0. The molecule has 2 aliphatic rings. The minimum Gasteiger partial charge on any atom is -0.336 e. The van der Waals surface area contributed by atoms with Gasteiger partial charge in [0, 0.05) is 41.2 Å². The van der Waals surface area contributed by atoms with Crippen LogP contribution in [0.15, 0.2) is 67.9 Å². The van der Waals surface area contributed by atoms with Gasteiger partial charge in [-0.2, -0.15) is 0 Å². The molecule has 0 saturated carbocycles. The molecule has 0 unspecified atom stereocenters. The fourth-order valence-electron chi connectivity index (χ4n) is 6.23. The van der Waals surface area contributed by atoms with Gasteiger partial charge in [-0.15, -0.1) is 0 Å². The van der Waals surface area contributed by atoms with Crippen molar-refractivity contribution in [2.24, 2.45) is 0 Å². The van der Waals surface area contributed by atoms with E-state index in [1.165, 1.54) is 61.1 Å². The van der Waals surface area contributed by atoms with Crippen molar-refractivity contribution in [1.82, 2.24) is 9.55 Å². The van der Waals surface area contributed by atoms with E-state index in [2.05, 4.69) is 87.0 Å². The van der Waals surface area contributed by atoms with E-state index < -0.39 is 0 Å². The van der Waals surface area contributed by atoms with Crippen LogP contribution in [-0.4, -0.2) is 9.55 Å². The third kappa shape index (κ3) is 3.35.